The number of aryl methyl sites for hydroxylation is 1. The number of hydrogen-bond donors (Lipinski definition) is 4. The number of anilines is 3. The molecule has 2 aromatic carbocycles. The number of nitrogens with two attached hydrogens (primary N) is 2. The van der Waals surface area contributed by atoms with E-state index in [4.69, 9.17) is 11.5 Å². The van der Waals surface area contributed by atoms with Crippen molar-refractivity contribution in [2.45, 2.75) is 25.8 Å². The molecule has 7 heteroatoms. The molecule has 150 valence electrons. The molecular formula is C22H26N6O. The van der Waals surface area contributed by atoms with Crippen molar-refractivity contribution in [3.8, 4) is 0 Å². The Morgan fingerprint density at radius 1 is 0.931 bits per heavy atom. The van der Waals surface area contributed by atoms with E-state index in [2.05, 4.69) is 20.6 Å². The quantitative estimate of drug-likeness (QED) is 0.446. The van der Waals surface area contributed by atoms with Crippen molar-refractivity contribution in [3.05, 3.63) is 77.5 Å². The van der Waals surface area contributed by atoms with Crippen molar-refractivity contribution >= 4 is 23.4 Å². The summed E-state index contributed by atoms with van der Waals surface area (Å²) in [6.45, 7) is 1.14. The van der Waals surface area contributed by atoms with Gasteiger partial charge in [-0.1, -0.05) is 42.5 Å². The maximum absolute atomic E-state index is 12.0. The third kappa shape index (κ3) is 6.49. The van der Waals surface area contributed by atoms with E-state index in [1.54, 1.807) is 6.20 Å². The molecule has 0 aliphatic rings. The molecule has 3 rings (SSSR count). The zero-order chi connectivity index (χ0) is 20.5. The molecular weight excluding hydrogens is 364 g/mol. The molecule has 0 atom stereocenters. The topological polar surface area (TPSA) is 119 Å². The zero-order valence-corrected chi connectivity index (χ0v) is 16.3. The minimum absolute atomic E-state index is 0.0791. The van der Waals surface area contributed by atoms with Gasteiger partial charge in [0, 0.05) is 37.0 Å². The highest BCUT2D eigenvalue weighted by atomic mass is 16.1. The number of nitrogens with one attached hydrogen (secondary N) is 2. The fourth-order valence-corrected chi connectivity index (χ4v) is 2.89. The zero-order valence-electron chi connectivity index (χ0n) is 16.3. The molecule has 29 heavy (non-hydrogen) atoms. The number of hydrogen-bond acceptors (Lipinski definition) is 6. The molecule has 7 nitrogen and oxygen atoms in total. The van der Waals surface area contributed by atoms with Crippen LogP contribution in [-0.4, -0.2) is 22.4 Å². The van der Waals surface area contributed by atoms with Crippen LogP contribution in [0.3, 0.4) is 0 Å². The molecule has 0 spiro atoms. The number of nitrogens with zero attached hydrogens (tertiary/aromatic N) is 2. The summed E-state index contributed by atoms with van der Waals surface area (Å²) in [6, 6.07) is 18.1. The largest absolute Gasteiger partial charge is 0.383 e. The summed E-state index contributed by atoms with van der Waals surface area (Å²) in [5, 5.41) is 6.27. The third-order valence-corrected chi connectivity index (χ3v) is 4.57. The van der Waals surface area contributed by atoms with E-state index in [1.165, 1.54) is 5.56 Å². The van der Waals surface area contributed by atoms with Gasteiger partial charge in [0.1, 0.15) is 5.82 Å². The molecule has 1 heterocycles. The Hall–Kier alpha value is -3.61. The average molecular weight is 390 g/mol. The summed E-state index contributed by atoms with van der Waals surface area (Å²) in [6.07, 6.45) is 3.68. The van der Waals surface area contributed by atoms with Gasteiger partial charge >= 0.3 is 0 Å². The number of benzene rings is 2. The fraction of sp³-hybridized carbons (Fsp3) is 0.227. The molecule has 6 N–H and O–H groups in total. The standard InChI is InChI=1S/C22H26N6O/c23-21-18(15-27-22(24)28-21)14-26-19-9-6-17(7-10-19)12-13-25-20(29)11-8-16-4-2-1-3-5-16/h1-7,9-10,15,26H,8,11-14H2,(H,25,29)(H4,23,24,27,28). The molecule has 0 aliphatic carbocycles. The predicted molar refractivity (Wildman–Crippen MR) is 116 cm³/mol. The number of carbonyl (C=O) groups excluding carboxylic acids is 1. The summed E-state index contributed by atoms with van der Waals surface area (Å²) in [5.74, 6) is 0.628. The van der Waals surface area contributed by atoms with E-state index >= 15 is 0 Å². The van der Waals surface area contributed by atoms with Crippen molar-refractivity contribution in [2.75, 3.05) is 23.3 Å². The Morgan fingerprint density at radius 2 is 1.66 bits per heavy atom. The van der Waals surface area contributed by atoms with Crippen LogP contribution >= 0.6 is 0 Å². The van der Waals surface area contributed by atoms with E-state index in [0.717, 1.165) is 29.7 Å². The minimum atomic E-state index is 0.0791. The Kier molecular flexibility index (Phi) is 7.00. The number of rotatable bonds is 9. The number of nitrogen functional groups attached to an aromatic ring is 2. The van der Waals surface area contributed by atoms with Crippen molar-refractivity contribution in [2.24, 2.45) is 0 Å². The molecule has 0 bridgehead atoms. The average Bonchev–Trinajstić information content (AvgIpc) is 2.73. The van der Waals surface area contributed by atoms with Crippen LogP contribution in [0.25, 0.3) is 0 Å². The lowest BCUT2D eigenvalue weighted by Crippen LogP contribution is -2.25. The van der Waals surface area contributed by atoms with Crippen LogP contribution in [0.1, 0.15) is 23.1 Å². The van der Waals surface area contributed by atoms with Gasteiger partial charge in [-0.05, 0) is 36.1 Å². The Labute approximate surface area is 170 Å². The first-order valence-corrected chi connectivity index (χ1v) is 9.60. The second kappa shape index (κ2) is 10.1. The number of amides is 1. The lowest BCUT2D eigenvalue weighted by Gasteiger charge is -2.10. The smallest absolute Gasteiger partial charge is 0.221 e. The molecule has 1 aromatic heterocycles. The SMILES string of the molecule is Nc1ncc(CNc2ccc(CCNC(=O)CCc3ccccc3)cc2)c(N)n1. The predicted octanol–water partition coefficient (Wildman–Crippen LogP) is 2.54. The molecule has 0 saturated carbocycles. The normalized spacial score (nSPS) is 10.5. The van der Waals surface area contributed by atoms with Crippen LogP contribution in [0.5, 0.6) is 0 Å². The summed E-state index contributed by atoms with van der Waals surface area (Å²) < 4.78 is 0. The lowest BCUT2D eigenvalue weighted by molar-refractivity contribution is -0.121. The van der Waals surface area contributed by atoms with Crippen LogP contribution in [-0.2, 0) is 24.2 Å². The van der Waals surface area contributed by atoms with Crippen molar-refractivity contribution in [3.63, 3.8) is 0 Å². The maximum Gasteiger partial charge on any atom is 0.221 e. The molecule has 0 saturated heterocycles. The molecule has 3 aromatic rings. The van der Waals surface area contributed by atoms with Crippen LogP contribution < -0.4 is 22.1 Å². The van der Waals surface area contributed by atoms with E-state index in [1.807, 2.05) is 54.6 Å². The monoisotopic (exact) mass is 390 g/mol. The van der Waals surface area contributed by atoms with Crippen LogP contribution in [0.4, 0.5) is 17.5 Å². The molecule has 0 aliphatic heterocycles. The van der Waals surface area contributed by atoms with Crippen molar-refractivity contribution in [1.82, 2.24) is 15.3 Å². The van der Waals surface area contributed by atoms with Gasteiger partial charge in [-0.3, -0.25) is 4.79 Å². The van der Waals surface area contributed by atoms with E-state index < -0.39 is 0 Å². The van der Waals surface area contributed by atoms with Gasteiger partial charge < -0.3 is 22.1 Å². The fourth-order valence-electron chi connectivity index (χ4n) is 2.89. The number of carbonyl (C=O) groups is 1. The second-order valence-electron chi connectivity index (χ2n) is 6.77. The lowest BCUT2D eigenvalue weighted by atomic mass is 10.1. The highest BCUT2D eigenvalue weighted by Gasteiger charge is 2.04. The van der Waals surface area contributed by atoms with Gasteiger partial charge in [0.15, 0.2) is 0 Å². The van der Waals surface area contributed by atoms with Crippen molar-refractivity contribution in [1.29, 1.82) is 0 Å². The Morgan fingerprint density at radius 3 is 2.38 bits per heavy atom. The maximum atomic E-state index is 12.0. The summed E-state index contributed by atoms with van der Waals surface area (Å²) >= 11 is 0. The van der Waals surface area contributed by atoms with Crippen LogP contribution in [0.2, 0.25) is 0 Å². The van der Waals surface area contributed by atoms with Crippen LogP contribution in [0, 0.1) is 0 Å². The molecule has 0 unspecified atom stereocenters. The first-order valence-electron chi connectivity index (χ1n) is 9.60. The molecule has 1 amide bonds. The van der Waals surface area contributed by atoms with Crippen molar-refractivity contribution < 1.29 is 4.79 Å². The first-order chi connectivity index (χ1) is 14.1. The van der Waals surface area contributed by atoms with Gasteiger partial charge in [0.25, 0.3) is 0 Å². The van der Waals surface area contributed by atoms with Gasteiger partial charge in [-0.2, -0.15) is 4.98 Å². The third-order valence-electron chi connectivity index (χ3n) is 4.57. The van der Waals surface area contributed by atoms with Gasteiger partial charge in [-0.25, -0.2) is 4.98 Å². The van der Waals surface area contributed by atoms with Gasteiger partial charge in [0.2, 0.25) is 11.9 Å². The highest BCUT2D eigenvalue weighted by Crippen LogP contribution is 2.14. The van der Waals surface area contributed by atoms with E-state index in [9.17, 15) is 4.79 Å². The molecule has 0 radical (unpaired) electrons. The van der Waals surface area contributed by atoms with E-state index in [-0.39, 0.29) is 11.9 Å². The van der Waals surface area contributed by atoms with Gasteiger partial charge in [0.05, 0.1) is 0 Å². The molecule has 0 fully saturated rings. The van der Waals surface area contributed by atoms with E-state index in [0.29, 0.717) is 25.3 Å². The summed E-state index contributed by atoms with van der Waals surface area (Å²) in [4.78, 5) is 19.9. The Balaban J connectivity index is 1.38. The second-order valence-corrected chi connectivity index (χ2v) is 6.77. The number of aromatic nitrogens is 2. The Bertz CT molecular complexity index is 928. The summed E-state index contributed by atoms with van der Waals surface area (Å²) in [5.41, 5.74) is 15.4. The van der Waals surface area contributed by atoms with Gasteiger partial charge in [-0.15, -0.1) is 0 Å². The first kappa shape index (κ1) is 20.1. The minimum Gasteiger partial charge on any atom is -0.383 e. The highest BCUT2D eigenvalue weighted by molar-refractivity contribution is 5.76. The van der Waals surface area contributed by atoms with Crippen LogP contribution in [0.15, 0.2) is 60.8 Å². The summed E-state index contributed by atoms with van der Waals surface area (Å²) in [7, 11) is 0.